The lowest BCUT2D eigenvalue weighted by Gasteiger charge is -2.07. The van der Waals surface area contributed by atoms with Crippen LogP contribution in [0.1, 0.15) is 15.2 Å². The molecule has 0 saturated heterocycles. The number of hydrogen-bond donors (Lipinski definition) is 2. The first-order valence-electron chi connectivity index (χ1n) is 5.32. The van der Waals surface area contributed by atoms with E-state index >= 15 is 0 Å². The topological polar surface area (TPSA) is 105 Å². The van der Waals surface area contributed by atoms with Crippen LogP contribution in [-0.2, 0) is 6.54 Å². The number of anilines is 1. The van der Waals surface area contributed by atoms with Crippen LogP contribution in [0.5, 0.6) is 0 Å². The standard InChI is InChI=1S/C11H8BrN3O4S/c12-8-1-2-20-9(8)5-14-10-7(11(16)17)3-6(4-13-10)15(18)19/h1-4H,5H2,(H,13,14)(H,16,17). The summed E-state index contributed by atoms with van der Waals surface area (Å²) in [5, 5.41) is 24.5. The van der Waals surface area contributed by atoms with Crippen LogP contribution in [0.3, 0.4) is 0 Å². The van der Waals surface area contributed by atoms with E-state index < -0.39 is 10.9 Å². The molecule has 2 aromatic rings. The third kappa shape index (κ3) is 3.11. The quantitative estimate of drug-likeness (QED) is 0.628. The van der Waals surface area contributed by atoms with Gasteiger partial charge in [-0.2, -0.15) is 0 Å². The first-order valence-corrected chi connectivity index (χ1v) is 6.99. The van der Waals surface area contributed by atoms with Crippen molar-refractivity contribution in [2.75, 3.05) is 5.32 Å². The van der Waals surface area contributed by atoms with Gasteiger partial charge in [0.1, 0.15) is 17.6 Å². The van der Waals surface area contributed by atoms with E-state index in [0.29, 0.717) is 6.54 Å². The minimum absolute atomic E-state index is 0.100. The summed E-state index contributed by atoms with van der Waals surface area (Å²) in [5.41, 5.74) is -0.586. The van der Waals surface area contributed by atoms with Gasteiger partial charge in [0.05, 0.1) is 11.5 Å². The number of nitro groups is 1. The molecule has 2 heterocycles. The highest BCUT2D eigenvalue weighted by atomic mass is 79.9. The van der Waals surface area contributed by atoms with E-state index in [1.807, 2.05) is 11.4 Å². The highest BCUT2D eigenvalue weighted by Crippen LogP contribution is 2.25. The van der Waals surface area contributed by atoms with Crippen LogP contribution in [0.15, 0.2) is 28.2 Å². The molecule has 2 aromatic heterocycles. The average Bonchev–Trinajstić information content (AvgIpc) is 2.81. The van der Waals surface area contributed by atoms with Gasteiger partial charge in [-0.3, -0.25) is 10.1 Å². The van der Waals surface area contributed by atoms with Crippen molar-refractivity contribution in [3.8, 4) is 0 Å². The maximum absolute atomic E-state index is 11.1. The van der Waals surface area contributed by atoms with Crippen LogP contribution in [0.2, 0.25) is 0 Å². The first-order chi connectivity index (χ1) is 9.49. The molecule has 0 unspecified atom stereocenters. The zero-order chi connectivity index (χ0) is 14.7. The number of aromatic carboxylic acids is 1. The number of carbonyl (C=O) groups is 1. The van der Waals surface area contributed by atoms with Crippen LogP contribution in [-0.4, -0.2) is 21.0 Å². The number of carboxylic acids is 1. The Morgan fingerprint density at radius 2 is 2.35 bits per heavy atom. The smallest absolute Gasteiger partial charge is 0.339 e. The van der Waals surface area contributed by atoms with Gasteiger partial charge in [-0.1, -0.05) is 0 Å². The number of nitrogens with zero attached hydrogens (tertiary/aromatic N) is 2. The number of thiophene rings is 1. The Kier molecular flexibility index (Phi) is 4.30. The van der Waals surface area contributed by atoms with Crippen molar-refractivity contribution in [3.05, 3.63) is 48.7 Å². The first kappa shape index (κ1) is 14.4. The minimum atomic E-state index is -1.27. The summed E-state index contributed by atoms with van der Waals surface area (Å²) >= 11 is 4.86. The Morgan fingerprint density at radius 3 is 2.90 bits per heavy atom. The fraction of sp³-hybridized carbons (Fsp3) is 0.0909. The predicted octanol–water partition coefficient (Wildman–Crippen LogP) is 3.12. The van der Waals surface area contributed by atoms with Crippen LogP contribution in [0.25, 0.3) is 0 Å². The molecular formula is C11H8BrN3O4S. The molecule has 2 rings (SSSR count). The Balaban J connectivity index is 2.25. The van der Waals surface area contributed by atoms with Gasteiger partial charge >= 0.3 is 5.97 Å². The Hall–Kier alpha value is -2.00. The third-order valence-corrected chi connectivity index (χ3v) is 4.35. The SMILES string of the molecule is O=C(O)c1cc([N+](=O)[O-])cnc1NCc1sccc1Br. The molecule has 0 saturated carbocycles. The molecule has 104 valence electrons. The Bertz CT molecular complexity index is 673. The number of pyridine rings is 1. The second kappa shape index (κ2) is 5.97. The van der Waals surface area contributed by atoms with E-state index in [4.69, 9.17) is 5.11 Å². The molecule has 0 aliphatic rings. The number of hydrogen-bond acceptors (Lipinski definition) is 6. The maximum Gasteiger partial charge on any atom is 0.339 e. The van der Waals surface area contributed by atoms with E-state index in [1.54, 1.807) is 0 Å². The van der Waals surface area contributed by atoms with Crippen molar-refractivity contribution in [1.29, 1.82) is 0 Å². The van der Waals surface area contributed by atoms with E-state index in [0.717, 1.165) is 21.6 Å². The number of nitrogens with one attached hydrogen (secondary N) is 1. The van der Waals surface area contributed by atoms with Crippen molar-refractivity contribution < 1.29 is 14.8 Å². The van der Waals surface area contributed by atoms with Gasteiger partial charge in [0.25, 0.3) is 5.69 Å². The zero-order valence-electron chi connectivity index (χ0n) is 9.87. The average molecular weight is 358 g/mol. The van der Waals surface area contributed by atoms with Gasteiger partial charge in [0, 0.05) is 15.4 Å². The van der Waals surface area contributed by atoms with Crippen LogP contribution in [0, 0.1) is 10.1 Å². The number of halogens is 1. The summed E-state index contributed by atoms with van der Waals surface area (Å²) in [6.45, 7) is 0.378. The minimum Gasteiger partial charge on any atom is -0.478 e. The fourth-order valence-corrected chi connectivity index (χ4v) is 2.90. The van der Waals surface area contributed by atoms with Crippen LogP contribution in [0.4, 0.5) is 11.5 Å². The van der Waals surface area contributed by atoms with Crippen LogP contribution < -0.4 is 5.32 Å². The molecule has 0 spiro atoms. The molecule has 0 atom stereocenters. The van der Waals surface area contributed by atoms with Gasteiger partial charge in [0.2, 0.25) is 0 Å². The lowest BCUT2D eigenvalue weighted by molar-refractivity contribution is -0.385. The normalized spacial score (nSPS) is 10.2. The molecule has 20 heavy (non-hydrogen) atoms. The summed E-state index contributed by atoms with van der Waals surface area (Å²) < 4.78 is 0.911. The van der Waals surface area contributed by atoms with E-state index in [1.165, 1.54) is 11.3 Å². The summed E-state index contributed by atoms with van der Waals surface area (Å²) in [4.78, 5) is 25.8. The molecule has 0 aliphatic carbocycles. The van der Waals surface area contributed by atoms with Crippen molar-refractivity contribution in [2.45, 2.75) is 6.54 Å². The molecule has 0 aromatic carbocycles. The number of carboxylic acid groups (broad SMARTS) is 1. The van der Waals surface area contributed by atoms with Gasteiger partial charge in [-0.25, -0.2) is 9.78 Å². The van der Waals surface area contributed by atoms with Crippen molar-refractivity contribution >= 4 is 44.7 Å². The molecule has 0 radical (unpaired) electrons. The molecule has 0 amide bonds. The van der Waals surface area contributed by atoms with Gasteiger partial charge in [-0.05, 0) is 27.4 Å². The maximum atomic E-state index is 11.1. The van der Waals surface area contributed by atoms with E-state index in [-0.39, 0.29) is 17.1 Å². The zero-order valence-corrected chi connectivity index (χ0v) is 12.3. The fourth-order valence-electron chi connectivity index (χ4n) is 1.47. The molecule has 0 bridgehead atoms. The van der Waals surface area contributed by atoms with Crippen molar-refractivity contribution in [1.82, 2.24) is 4.98 Å². The highest BCUT2D eigenvalue weighted by Gasteiger charge is 2.17. The van der Waals surface area contributed by atoms with Gasteiger partial charge in [0.15, 0.2) is 0 Å². The van der Waals surface area contributed by atoms with Gasteiger partial charge in [-0.15, -0.1) is 11.3 Å². The predicted molar refractivity (Wildman–Crippen MR) is 77.2 cm³/mol. The largest absolute Gasteiger partial charge is 0.478 e. The molecular weight excluding hydrogens is 350 g/mol. The molecule has 2 N–H and O–H groups in total. The lowest BCUT2D eigenvalue weighted by Crippen LogP contribution is -2.08. The van der Waals surface area contributed by atoms with Crippen LogP contribution >= 0.6 is 27.3 Å². The van der Waals surface area contributed by atoms with E-state index in [2.05, 4.69) is 26.2 Å². The summed E-state index contributed by atoms with van der Waals surface area (Å²) in [5.74, 6) is -1.17. The van der Waals surface area contributed by atoms with Crippen molar-refractivity contribution in [2.24, 2.45) is 0 Å². The second-order valence-electron chi connectivity index (χ2n) is 3.70. The molecule has 0 aliphatic heterocycles. The lowest BCUT2D eigenvalue weighted by atomic mass is 10.2. The third-order valence-electron chi connectivity index (χ3n) is 2.42. The van der Waals surface area contributed by atoms with Gasteiger partial charge < -0.3 is 10.4 Å². The second-order valence-corrected chi connectivity index (χ2v) is 5.55. The highest BCUT2D eigenvalue weighted by molar-refractivity contribution is 9.10. The monoisotopic (exact) mass is 357 g/mol. The Morgan fingerprint density at radius 1 is 1.60 bits per heavy atom. The molecule has 7 nitrogen and oxygen atoms in total. The Labute approximate surface area is 125 Å². The summed E-state index contributed by atoms with van der Waals surface area (Å²) in [7, 11) is 0. The number of rotatable bonds is 5. The number of aromatic nitrogens is 1. The summed E-state index contributed by atoms with van der Waals surface area (Å²) in [6, 6.07) is 2.87. The van der Waals surface area contributed by atoms with Crippen molar-refractivity contribution in [3.63, 3.8) is 0 Å². The molecule has 9 heteroatoms. The molecule has 0 fully saturated rings. The summed E-state index contributed by atoms with van der Waals surface area (Å²) in [6.07, 6.45) is 1.03. The van der Waals surface area contributed by atoms with E-state index in [9.17, 15) is 14.9 Å².